The Morgan fingerprint density at radius 1 is 1.08 bits per heavy atom. The van der Waals surface area contributed by atoms with Crippen LogP contribution in [0.3, 0.4) is 0 Å². The van der Waals surface area contributed by atoms with Gasteiger partial charge in [0.1, 0.15) is 5.00 Å². The molecule has 0 unspecified atom stereocenters. The van der Waals surface area contributed by atoms with E-state index in [2.05, 4.69) is 15.5 Å². The van der Waals surface area contributed by atoms with Crippen molar-refractivity contribution in [2.75, 3.05) is 30.3 Å². The van der Waals surface area contributed by atoms with Crippen LogP contribution in [0.1, 0.15) is 56.1 Å². The lowest BCUT2D eigenvalue weighted by molar-refractivity contribution is 0.0527. The second-order valence-corrected chi connectivity index (χ2v) is 11.2. The van der Waals surface area contributed by atoms with Crippen LogP contribution in [-0.2, 0) is 11.3 Å². The molecule has 2 aliphatic heterocycles. The lowest BCUT2D eigenvalue weighted by atomic mass is 9.83. The topological polar surface area (TPSA) is 92.7 Å². The van der Waals surface area contributed by atoms with Crippen molar-refractivity contribution < 1.29 is 14.3 Å². The average molecular weight is 551 g/mol. The quantitative estimate of drug-likeness (QED) is 0.349. The number of likely N-dealkylation sites (tertiary alicyclic amines) is 1. The number of nitrogens with one attached hydrogen (secondary N) is 2. The maximum atomic E-state index is 13.2. The monoisotopic (exact) mass is 550 g/mol. The van der Waals surface area contributed by atoms with Crippen LogP contribution in [0, 0.1) is 19.8 Å². The highest BCUT2D eigenvalue weighted by molar-refractivity contribution is 7.80. The molecule has 2 atom stereocenters. The highest BCUT2D eigenvalue weighted by Gasteiger charge is 2.36. The lowest BCUT2D eigenvalue weighted by Crippen LogP contribution is -2.50. The number of fused-ring (bicyclic) bond motifs is 4. The summed E-state index contributed by atoms with van der Waals surface area (Å²) in [5.41, 5.74) is 3.61. The SMILES string of the molecule is CCOC(=O)c1c(NC(=S)N2C[C@@H]3C[C@@H](C2)c2cccc(=O)n2C3)sc(C(=O)Nc2ccccc2C)c1C. The third kappa shape index (κ3) is 4.98. The number of ether oxygens (including phenoxy) is 1. The Labute approximate surface area is 230 Å². The minimum absolute atomic E-state index is 0.0380. The number of aromatic nitrogens is 1. The Bertz CT molecular complexity index is 1480. The van der Waals surface area contributed by atoms with Gasteiger partial charge in [-0.15, -0.1) is 11.3 Å². The van der Waals surface area contributed by atoms with Gasteiger partial charge in [-0.3, -0.25) is 9.59 Å². The molecule has 0 spiro atoms. The Balaban J connectivity index is 1.40. The molecule has 198 valence electrons. The van der Waals surface area contributed by atoms with Crippen LogP contribution in [0.5, 0.6) is 0 Å². The number of piperidine rings is 1. The predicted octanol–water partition coefficient (Wildman–Crippen LogP) is 4.77. The van der Waals surface area contributed by atoms with Gasteiger partial charge in [-0.05, 0) is 68.6 Å². The van der Waals surface area contributed by atoms with E-state index in [1.54, 1.807) is 19.9 Å². The molecular formula is C28H30N4O4S2. The van der Waals surface area contributed by atoms with Crippen molar-refractivity contribution in [1.29, 1.82) is 0 Å². The summed E-state index contributed by atoms with van der Waals surface area (Å²) in [5.74, 6) is -0.293. The molecule has 38 heavy (non-hydrogen) atoms. The van der Waals surface area contributed by atoms with Gasteiger partial charge in [0.05, 0.1) is 17.0 Å². The summed E-state index contributed by atoms with van der Waals surface area (Å²) in [7, 11) is 0. The Kier molecular flexibility index (Phi) is 7.36. The summed E-state index contributed by atoms with van der Waals surface area (Å²) in [5, 5.41) is 7.20. The fourth-order valence-electron chi connectivity index (χ4n) is 5.40. The number of aryl methyl sites for hydroxylation is 1. The van der Waals surface area contributed by atoms with Gasteiger partial charge in [0.2, 0.25) is 0 Å². The van der Waals surface area contributed by atoms with E-state index in [1.165, 1.54) is 11.3 Å². The second-order valence-electron chi connectivity index (χ2n) is 9.78. The lowest BCUT2D eigenvalue weighted by Gasteiger charge is -2.43. The highest BCUT2D eigenvalue weighted by atomic mass is 32.1. The molecule has 0 saturated carbocycles. The molecule has 1 amide bonds. The molecule has 2 aliphatic rings. The summed E-state index contributed by atoms with van der Waals surface area (Å²) in [6, 6.07) is 13.0. The largest absolute Gasteiger partial charge is 0.462 e. The molecule has 3 aromatic rings. The van der Waals surface area contributed by atoms with Gasteiger partial charge >= 0.3 is 5.97 Å². The van der Waals surface area contributed by atoms with Gasteiger partial charge in [-0.2, -0.15) is 0 Å². The van der Waals surface area contributed by atoms with Gasteiger partial charge in [0, 0.05) is 43.0 Å². The molecule has 5 rings (SSSR count). The maximum Gasteiger partial charge on any atom is 0.341 e. The van der Waals surface area contributed by atoms with Crippen LogP contribution in [0.15, 0.2) is 47.3 Å². The molecule has 0 radical (unpaired) electrons. The van der Waals surface area contributed by atoms with E-state index in [1.807, 2.05) is 47.9 Å². The average Bonchev–Trinajstić information content (AvgIpc) is 3.21. The van der Waals surface area contributed by atoms with Gasteiger partial charge in [-0.1, -0.05) is 24.3 Å². The molecule has 1 saturated heterocycles. The number of anilines is 2. The number of carbonyl (C=O) groups is 2. The minimum atomic E-state index is -0.495. The Hall–Kier alpha value is -3.50. The molecule has 2 bridgehead atoms. The van der Waals surface area contributed by atoms with E-state index in [-0.39, 0.29) is 24.0 Å². The third-order valence-corrected chi connectivity index (χ3v) is 8.78. The number of hydrogen-bond acceptors (Lipinski definition) is 6. The number of para-hydroxylation sites is 1. The van der Waals surface area contributed by atoms with E-state index < -0.39 is 5.97 Å². The van der Waals surface area contributed by atoms with E-state index in [0.717, 1.165) is 17.7 Å². The van der Waals surface area contributed by atoms with E-state index in [4.69, 9.17) is 17.0 Å². The first-order valence-electron chi connectivity index (χ1n) is 12.7. The number of rotatable bonds is 5. The molecule has 4 heterocycles. The number of pyridine rings is 1. The zero-order chi connectivity index (χ0) is 27.0. The summed E-state index contributed by atoms with van der Waals surface area (Å²) < 4.78 is 7.21. The minimum Gasteiger partial charge on any atom is -0.462 e. The molecule has 1 aromatic carbocycles. The Morgan fingerprint density at radius 3 is 2.63 bits per heavy atom. The summed E-state index contributed by atoms with van der Waals surface area (Å²) in [6.07, 6.45) is 1.01. The van der Waals surface area contributed by atoms with Crippen molar-refractivity contribution in [1.82, 2.24) is 9.47 Å². The first-order chi connectivity index (χ1) is 18.3. The fraction of sp³-hybridized carbons (Fsp3) is 0.357. The maximum absolute atomic E-state index is 13.2. The zero-order valence-electron chi connectivity index (χ0n) is 21.6. The number of esters is 1. The molecule has 2 aromatic heterocycles. The van der Waals surface area contributed by atoms with Crippen molar-refractivity contribution in [3.63, 3.8) is 0 Å². The van der Waals surface area contributed by atoms with Crippen molar-refractivity contribution >= 4 is 51.2 Å². The van der Waals surface area contributed by atoms with Crippen LogP contribution in [-0.4, -0.2) is 46.2 Å². The van der Waals surface area contributed by atoms with E-state index in [9.17, 15) is 14.4 Å². The van der Waals surface area contributed by atoms with Crippen LogP contribution < -0.4 is 16.2 Å². The first kappa shape index (κ1) is 26.1. The van der Waals surface area contributed by atoms with Crippen molar-refractivity contribution in [3.05, 3.63) is 80.1 Å². The first-order valence-corrected chi connectivity index (χ1v) is 13.9. The number of amides is 1. The van der Waals surface area contributed by atoms with E-state index >= 15 is 0 Å². The number of hydrogen-bond donors (Lipinski definition) is 2. The second kappa shape index (κ2) is 10.7. The standard InChI is InChI=1S/C28H30N4O4S2/c1-4-36-27(35)23-17(3)24(25(34)29-20-9-6-5-8-16(20)2)38-26(23)30-28(37)31-13-18-12-19(15-31)21-10-7-11-22(33)32(21)14-18/h5-11,18-19H,4,12-15H2,1-3H3,(H,29,34)(H,30,37)/t18-,19-/m0/s1. The molecule has 2 N–H and O–H groups in total. The van der Waals surface area contributed by atoms with Crippen molar-refractivity contribution in [2.24, 2.45) is 5.92 Å². The fourth-order valence-corrected chi connectivity index (χ4v) is 6.80. The molecule has 8 nitrogen and oxygen atoms in total. The van der Waals surface area contributed by atoms with Crippen LogP contribution in [0.4, 0.5) is 10.7 Å². The van der Waals surface area contributed by atoms with Crippen LogP contribution >= 0.6 is 23.6 Å². The summed E-state index contributed by atoms with van der Waals surface area (Å²) in [6.45, 7) is 7.70. The van der Waals surface area contributed by atoms with Gasteiger partial charge in [-0.25, -0.2) is 4.79 Å². The molecular weight excluding hydrogens is 520 g/mol. The smallest absolute Gasteiger partial charge is 0.341 e. The molecule has 1 fully saturated rings. The summed E-state index contributed by atoms with van der Waals surface area (Å²) in [4.78, 5) is 41.1. The number of nitrogens with zero attached hydrogens (tertiary/aromatic N) is 2. The van der Waals surface area contributed by atoms with E-state index in [0.29, 0.717) is 57.4 Å². The number of carbonyl (C=O) groups excluding carboxylic acids is 2. The van der Waals surface area contributed by atoms with Crippen molar-refractivity contribution in [2.45, 2.75) is 39.7 Å². The number of thiophene rings is 1. The van der Waals surface area contributed by atoms with Crippen molar-refractivity contribution in [3.8, 4) is 0 Å². The third-order valence-electron chi connectivity index (χ3n) is 7.21. The summed E-state index contributed by atoms with van der Waals surface area (Å²) >= 11 is 7.00. The normalized spacial score (nSPS) is 17.9. The Morgan fingerprint density at radius 2 is 1.87 bits per heavy atom. The van der Waals surface area contributed by atoms with Gasteiger partial charge < -0.3 is 24.8 Å². The predicted molar refractivity (Wildman–Crippen MR) is 153 cm³/mol. The zero-order valence-corrected chi connectivity index (χ0v) is 23.2. The molecule has 10 heteroatoms. The molecule has 0 aliphatic carbocycles. The number of benzene rings is 1. The highest BCUT2D eigenvalue weighted by Crippen LogP contribution is 2.37. The van der Waals surface area contributed by atoms with Crippen LogP contribution in [0.2, 0.25) is 0 Å². The van der Waals surface area contributed by atoms with Crippen LogP contribution in [0.25, 0.3) is 0 Å². The van der Waals surface area contributed by atoms with Gasteiger partial charge in [0.25, 0.3) is 11.5 Å². The van der Waals surface area contributed by atoms with Gasteiger partial charge in [0.15, 0.2) is 5.11 Å². The number of thiocarbonyl (C=S) groups is 1.